The van der Waals surface area contributed by atoms with Crippen LogP contribution < -0.4 is 9.47 Å². The van der Waals surface area contributed by atoms with Gasteiger partial charge >= 0.3 is 5.97 Å². The molecule has 0 spiro atoms. The maximum atomic E-state index is 12.3. The monoisotopic (exact) mass is 559 g/mol. The Kier molecular flexibility index (Phi) is 7.12. The normalized spacial score (nSPS) is 14.3. The molecule has 162 valence electrons. The van der Waals surface area contributed by atoms with Crippen LogP contribution in [0.3, 0.4) is 0 Å². The fourth-order valence-corrected chi connectivity index (χ4v) is 3.51. The number of halogens is 2. The van der Waals surface area contributed by atoms with E-state index >= 15 is 0 Å². The Hall–Kier alpha value is -2.84. The molecule has 0 amide bonds. The van der Waals surface area contributed by atoms with Crippen molar-refractivity contribution in [1.82, 2.24) is 0 Å². The van der Waals surface area contributed by atoms with Crippen LogP contribution in [0.4, 0.5) is 0 Å². The molecule has 5 nitrogen and oxygen atoms in total. The van der Waals surface area contributed by atoms with Crippen molar-refractivity contribution < 1.29 is 19.0 Å². The van der Waals surface area contributed by atoms with Crippen molar-refractivity contribution in [2.24, 2.45) is 4.99 Å². The molecule has 1 aliphatic rings. The van der Waals surface area contributed by atoms with E-state index in [1.807, 2.05) is 73.7 Å². The highest BCUT2D eigenvalue weighted by molar-refractivity contribution is 14.1. The molecule has 0 aliphatic carbocycles. The first-order chi connectivity index (χ1) is 15.5. The molecule has 0 bridgehead atoms. The maximum absolute atomic E-state index is 12.3. The standard InChI is InChI=1S/C25H19ClINO4/c1-2-30-23-14-17(5-12-22(23)31-15-16-3-8-19(26)9-4-16)13-21-25(29)32-24(28-21)18-6-10-20(27)11-7-18/h3-14H,2,15H2,1H3/b21-13-. The summed E-state index contributed by atoms with van der Waals surface area (Å²) >= 11 is 8.15. The molecule has 0 fully saturated rings. The van der Waals surface area contributed by atoms with Crippen molar-refractivity contribution in [3.63, 3.8) is 0 Å². The molecule has 7 heteroatoms. The Balaban J connectivity index is 1.54. The molecule has 32 heavy (non-hydrogen) atoms. The van der Waals surface area contributed by atoms with Crippen molar-refractivity contribution in [3.05, 3.63) is 97.7 Å². The quantitative estimate of drug-likeness (QED) is 0.195. The smallest absolute Gasteiger partial charge is 0.363 e. The van der Waals surface area contributed by atoms with E-state index in [0.717, 1.165) is 20.3 Å². The Morgan fingerprint density at radius 1 is 1.00 bits per heavy atom. The number of ether oxygens (including phenoxy) is 3. The summed E-state index contributed by atoms with van der Waals surface area (Å²) in [6, 6.07) is 20.6. The van der Waals surface area contributed by atoms with Crippen molar-refractivity contribution in [2.75, 3.05) is 6.61 Å². The molecule has 1 heterocycles. The molecule has 0 radical (unpaired) electrons. The summed E-state index contributed by atoms with van der Waals surface area (Å²) in [6.45, 7) is 2.77. The lowest BCUT2D eigenvalue weighted by molar-refractivity contribution is -0.129. The van der Waals surface area contributed by atoms with Crippen LogP contribution >= 0.6 is 34.2 Å². The van der Waals surface area contributed by atoms with Crippen LogP contribution in [0.15, 0.2) is 77.4 Å². The van der Waals surface area contributed by atoms with Gasteiger partial charge in [-0.25, -0.2) is 9.79 Å². The van der Waals surface area contributed by atoms with Crippen molar-refractivity contribution >= 4 is 52.1 Å². The SMILES string of the molecule is CCOc1cc(/C=C2\N=C(c3ccc(I)cc3)OC2=O)ccc1OCc1ccc(Cl)cc1. The largest absolute Gasteiger partial charge is 0.490 e. The van der Waals surface area contributed by atoms with Crippen molar-refractivity contribution in [1.29, 1.82) is 0 Å². The average molecular weight is 560 g/mol. The van der Waals surface area contributed by atoms with Crippen LogP contribution in [0.1, 0.15) is 23.6 Å². The van der Waals surface area contributed by atoms with Gasteiger partial charge < -0.3 is 14.2 Å². The lowest BCUT2D eigenvalue weighted by Gasteiger charge is -2.13. The number of carbonyl (C=O) groups is 1. The molecular formula is C25H19ClINO4. The topological polar surface area (TPSA) is 57.1 Å². The van der Waals surface area contributed by atoms with Crippen LogP contribution in [0.5, 0.6) is 11.5 Å². The number of cyclic esters (lactones) is 1. The number of hydrogen-bond donors (Lipinski definition) is 0. The van der Waals surface area contributed by atoms with Gasteiger partial charge in [-0.2, -0.15) is 0 Å². The number of nitrogens with zero attached hydrogens (tertiary/aromatic N) is 1. The first kappa shape index (κ1) is 22.4. The molecule has 1 aliphatic heterocycles. The third-order valence-electron chi connectivity index (χ3n) is 4.59. The number of benzene rings is 3. The van der Waals surface area contributed by atoms with Crippen LogP contribution in [-0.4, -0.2) is 18.5 Å². The van der Waals surface area contributed by atoms with Crippen LogP contribution in [0, 0.1) is 3.57 Å². The summed E-state index contributed by atoms with van der Waals surface area (Å²) in [7, 11) is 0. The number of hydrogen-bond acceptors (Lipinski definition) is 5. The molecule has 0 atom stereocenters. The van der Waals surface area contributed by atoms with E-state index in [1.54, 1.807) is 6.08 Å². The van der Waals surface area contributed by atoms with Crippen molar-refractivity contribution in [2.45, 2.75) is 13.5 Å². The summed E-state index contributed by atoms with van der Waals surface area (Å²) in [5.74, 6) is 1.01. The molecule has 0 saturated heterocycles. The first-order valence-electron chi connectivity index (χ1n) is 9.94. The molecule has 4 rings (SSSR count). The van der Waals surface area contributed by atoms with Gasteiger partial charge in [0, 0.05) is 14.2 Å². The summed E-state index contributed by atoms with van der Waals surface area (Å²) < 4.78 is 18.1. The Morgan fingerprint density at radius 2 is 1.75 bits per heavy atom. The second kappa shape index (κ2) is 10.2. The zero-order valence-electron chi connectivity index (χ0n) is 17.2. The predicted octanol–water partition coefficient (Wildman–Crippen LogP) is 6.27. The minimum atomic E-state index is -0.487. The third kappa shape index (κ3) is 5.49. The van der Waals surface area contributed by atoms with E-state index < -0.39 is 5.97 Å². The Bertz CT molecular complexity index is 1190. The van der Waals surface area contributed by atoms with Gasteiger partial charge in [0.2, 0.25) is 5.90 Å². The van der Waals surface area contributed by atoms with Gasteiger partial charge in [-0.1, -0.05) is 29.8 Å². The van der Waals surface area contributed by atoms with Gasteiger partial charge in [-0.05, 0) is 95.2 Å². The summed E-state index contributed by atoms with van der Waals surface area (Å²) in [4.78, 5) is 16.7. The van der Waals surface area contributed by atoms with E-state index in [1.165, 1.54) is 0 Å². The molecule has 3 aromatic rings. The fraction of sp³-hybridized carbons (Fsp3) is 0.120. The van der Waals surface area contributed by atoms with Crippen LogP contribution in [0.25, 0.3) is 6.08 Å². The fourth-order valence-electron chi connectivity index (χ4n) is 3.03. The van der Waals surface area contributed by atoms with Gasteiger partial charge in [0.05, 0.1) is 6.61 Å². The summed E-state index contributed by atoms with van der Waals surface area (Å²) in [5.41, 5.74) is 2.74. The second-order valence-corrected chi connectivity index (χ2v) is 8.58. The van der Waals surface area contributed by atoms with E-state index in [0.29, 0.717) is 35.6 Å². The van der Waals surface area contributed by atoms with Gasteiger partial charge in [0.15, 0.2) is 17.2 Å². The van der Waals surface area contributed by atoms with E-state index in [4.69, 9.17) is 25.8 Å². The predicted molar refractivity (Wildman–Crippen MR) is 133 cm³/mol. The highest BCUT2D eigenvalue weighted by atomic mass is 127. The number of aliphatic imine (C=N–C) groups is 1. The number of rotatable bonds is 7. The summed E-state index contributed by atoms with van der Waals surface area (Å²) in [5, 5.41) is 0.680. The Labute approximate surface area is 204 Å². The molecular weight excluding hydrogens is 541 g/mol. The minimum Gasteiger partial charge on any atom is -0.490 e. The van der Waals surface area contributed by atoms with Gasteiger partial charge in [-0.3, -0.25) is 0 Å². The lowest BCUT2D eigenvalue weighted by Crippen LogP contribution is -2.05. The molecule has 0 unspecified atom stereocenters. The molecule has 0 aromatic heterocycles. The summed E-state index contributed by atoms with van der Waals surface area (Å²) in [6.07, 6.45) is 1.67. The number of esters is 1. The van der Waals surface area contributed by atoms with Gasteiger partial charge in [-0.15, -0.1) is 0 Å². The third-order valence-corrected chi connectivity index (χ3v) is 5.56. The highest BCUT2D eigenvalue weighted by Gasteiger charge is 2.24. The first-order valence-corrected chi connectivity index (χ1v) is 11.4. The Morgan fingerprint density at radius 3 is 2.47 bits per heavy atom. The zero-order valence-corrected chi connectivity index (χ0v) is 20.1. The maximum Gasteiger partial charge on any atom is 0.363 e. The van der Waals surface area contributed by atoms with Gasteiger partial charge in [0.25, 0.3) is 0 Å². The zero-order chi connectivity index (χ0) is 22.5. The van der Waals surface area contributed by atoms with E-state index in [9.17, 15) is 4.79 Å². The molecule has 0 saturated carbocycles. The van der Waals surface area contributed by atoms with E-state index in [-0.39, 0.29) is 5.70 Å². The minimum absolute atomic E-state index is 0.232. The average Bonchev–Trinajstić information content (AvgIpc) is 3.15. The van der Waals surface area contributed by atoms with Crippen LogP contribution in [-0.2, 0) is 16.1 Å². The lowest BCUT2D eigenvalue weighted by atomic mass is 10.1. The highest BCUT2D eigenvalue weighted by Crippen LogP contribution is 2.31. The van der Waals surface area contributed by atoms with Crippen LogP contribution in [0.2, 0.25) is 5.02 Å². The van der Waals surface area contributed by atoms with E-state index in [2.05, 4.69) is 27.6 Å². The van der Waals surface area contributed by atoms with Crippen molar-refractivity contribution in [3.8, 4) is 11.5 Å². The molecule has 3 aromatic carbocycles. The second-order valence-electron chi connectivity index (χ2n) is 6.90. The van der Waals surface area contributed by atoms with Gasteiger partial charge in [0.1, 0.15) is 6.61 Å². The number of carbonyl (C=O) groups excluding carboxylic acids is 1. The molecule has 0 N–H and O–H groups in total.